The number of rotatable bonds is 2. The van der Waals surface area contributed by atoms with Crippen molar-refractivity contribution in [1.29, 1.82) is 0 Å². The Morgan fingerprint density at radius 1 is 1.28 bits per heavy atom. The molecule has 4 heteroatoms. The Morgan fingerprint density at radius 3 is 2.83 bits per heavy atom. The Kier molecular flexibility index (Phi) is 3.06. The van der Waals surface area contributed by atoms with Gasteiger partial charge in [-0.2, -0.15) is 0 Å². The van der Waals surface area contributed by atoms with Gasteiger partial charge < -0.3 is 9.88 Å². The lowest BCUT2D eigenvalue weighted by atomic mass is 10.1. The highest BCUT2D eigenvalue weighted by Crippen LogP contribution is 2.20. The van der Waals surface area contributed by atoms with Gasteiger partial charge in [0.2, 0.25) is 0 Å². The lowest BCUT2D eigenvalue weighted by Crippen LogP contribution is -2.42. The highest BCUT2D eigenvalue weighted by molar-refractivity contribution is 5.79. The minimum absolute atomic E-state index is 1.01. The first-order valence-electron chi connectivity index (χ1n) is 6.60. The molecule has 3 rings (SSSR count). The molecule has 1 aromatic carbocycles. The average Bonchev–Trinajstić information content (AvgIpc) is 2.69. The number of aromatic nitrogens is 2. The molecule has 1 aliphatic rings. The second kappa shape index (κ2) is 4.71. The molecule has 0 radical (unpaired) electrons. The summed E-state index contributed by atoms with van der Waals surface area (Å²) in [6, 6.07) is 6.49. The molecule has 0 spiro atoms. The summed E-state index contributed by atoms with van der Waals surface area (Å²) in [6.45, 7) is 7.52. The van der Waals surface area contributed by atoms with Crippen molar-refractivity contribution in [2.45, 2.75) is 13.5 Å². The molecule has 0 amide bonds. The van der Waals surface area contributed by atoms with Crippen LogP contribution in [0.15, 0.2) is 18.2 Å². The summed E-state index contributed by atoms with van der Waals surface area (Å²) in [5.74, 6) is 1.08. The second-order valence-corrected chi connectivity index (χ2v) is 5.03. The Bertz CT molecular complexity index is 552. The van der Waals surface area contributed by atoms with Crippen molar-refractivity contribution >= 4 is 11.0 Å². The van der Waals surface area contributed by atoms with E-state index in [-0.39, 0.29) is 0 Å². The number of imidazole rings is 1. The van der Waals surface area contributed by atoms with Crippen molar-refractivity contribution in [2.24, 2.45) is 7.05 Å². The van der Waals surface area contributed by atoms with Crippen LogP contribution in [0.5, 0.6) is 0 Å². The number of hydrogen-bond donors (Lipinski definition) is 1. The maximum absolute atomic E-state index is 4.70. The SMILES string of the molecule is Cc1nc2c(CN3CCNCC3)cccc2n1C. The van der Waals surface area contributed by atoms with Gasteiger partial charge in [0.05, 0.1) is 11.0 Å². The first-order valence-corrected chi connectivity index (χ1v) is 6.60. The van der Waals surface area contributed by atoms with Crippen LogP contribution in [0.25, 0.3) is 11.0 Å². The Balaban J connectivity index is 1.93. The van der Waals surface area contributed by atoms with Gasteiger partial charge in [0, 0.05) is 39.8 Å². The van der Waals surface area contributed by atoms with E-state index in [1.807, 2.05) is 0 Å². The predicted molar refractivity (Wildman–Crippen MR) is 73.6 cm³/mol. The number of hydrogen-bond acceptors (Lipinski definition) is 3. The van der Waals surface area contributed by atoms with E-state index in [4.69, 9.17) is 4.98 Å². The summed E-state index contributed by atoms with van der Waals surface area (Å²) in [6.07, 6.45) is 0. The van der Waals surface area contributed by atoms with Crippen molar-refractivity contribution in [3.63, 3.8) is 0 Å². The zero-order chi connectivity index (χ0) is 12.5. The lowest BCUT2D eigenvalue weighted by Gasteiger charge is -2.27. The molecular weight excluding hydrogens is 224 g/mol. The van der Waals surface area contributed by atoms with Crippen LogP contribution in [0.3, 0.4) is 0 Å². The highest BCUT2D eigenvalue weighted by atomic mass is 15.2. The summed E-state index contributed by atoms with van der Waals surface area (Å²) in [4.78, 5) is 7.19. The molecule has 1 saturated heterocycles. The average molecular weight is 244 g/mol. The van der Waals surface area contributed by atoms with Crippen molar-refractivity contribution in [2.75, 3.05) is 26.2 Å². The van der Waals surface area contributed by atoms with E-state index in [0.29, 0.717) is 0 Å². The van der Waals surface area contributed by atoms with Crippen LogP contribution in [0.1, 0.15) is 11.4 Å². The maximum Gasteiger partial charge on any atom is 0.106 e. The molecule has 1 aliphatic heterocycles. The van der Waals surface area contributed by atoms with Gasteiger partial charge in [-0.05, 0) is 18.6 Å². The minimum Gasteiger partial charge on any atom is -0.331 e. The van der Waals surface area contributed by atoms with Gasteiger partial charge >= 0.3 is 0 Å². The smallest absolute Gasteiger partial charge is 0.106 e. The molecule has 1 N–H and O–H groups in total. The van der Waals surface area contributed by atoms with Crippen molar-refractivity contribution in [3.05, 3.63) is 29.6 Å². The minimum atomic E-state index is 1.01. The Morgan fingerprint density at radius 2 is 2.06 bits per heavy atom. The molecule has 0 unspecified atom stereocenters. The van der Waals surface area contributed by atoms with Crippen LogP contribution >= 0.6 is 0 Å². The van der Waals surface area contributed by atoms with Gasteiger partial charge in [-0.15, -0.1) is 0 Å². The normalized spacial score (nSPS) is 17.4. The largest absolute Gasteiger partial charge is 0.331 e. The van der Waals surface area contributed by atoms with Gasteiger partial charge in [-0.25, -0.2) is 4.98 Å². The summed E-state index contributed by atoms with van der Waals surface area (Å²) in [5, 5.41) is 3.39. The van der Waals surface area contributed by atoms with Gasteiger partial charge in [-0.3, -0.25) is 4.90 Å². The molecule has 2 aromatic rings. The maximum atomic E-state index is 4.70. The number of nitrogens with one attached hydrogen (secondary N) is 1. The van der Waals surface area contributed by atoms with E-state index in [9.17, 15) is 0 Å². The van der Waals surface area contributed by atoms with Crippen LogP contribution in [0, 0.1) is 6.92 Å². The summed E-state index contributed by atoms with van der Waals surface area (Å²) in [5.41, 5.74) is 3.74. The zero-order valence-corrected chi connectivity index (χ0v) is 11.1. The third-order valence-corrected chi connectivity index (χ3v) is 3.82. The topological polar surface area (TPSA) is 33.1 Å². The fourth-order valence-electron chi connectivity index (χ4n) is 2.63. The van der Waals surface area contributed by atoms with E-state index in [0.717, 1.165) is 44.1 Å². The van der Waals surface area contributed by atoms with E-state index < -0.39 is 0 Å². The van der Waals surface area contributed by atoms with E-state index in [2.05, 4.69) is 47.0 Å². The highest BCUT2D eigenvalue weighted by Gasteiger charge is 2.13. The lowest BCUT2D eigenvalue weighted by molar-refractivity contribution is 0.234. The van der Waals surface area contributed by atoms with Gasteiger partial charge in [0.15, 0.2) is 0 Å². The number of benzene rings is 1. The molecule has 96 valence electrons. The van der Waals surface area contributed by atoms with Crippen molar-refractivity contribution in [1.82, 2.24) is 19.8 Å². The first-order chi connectivity index (χ1) is 8.75. The van der Waals surface area contributed by atoms with Crippen LogP contribution in [-0.4, -0.2) is 40.6 Å². The fraction of sp³-hybridized carbons (Fsp3) is 0.500. The molecule has 2 heterocycles. The number of para-hydroxylation sites is 1. The van der Waals surface area contributed by atoms with E-state index in [1.54, 1.807) is 0 Å². The number of nitrogens with zero attached hydrogens (tertiary/aromatic N) is 3. The standard InChI is InChI=1S/C14H20N4/c1-11-16-14-12(4-3-5-13(14)17(11)2)10-18-8-6-15-7-9-18/h3-5,15H,6-10H2,1-2H3. The predicted octanol–water partition coefficient (Wildman–Crippen LogP) is 1.29. The zero-order valence-electron chi connectivity index (χ0n) is 11.1. The quantitative estimate of drug-likeness (QED) is 0.864. The molecule has 4 nitrogen and oxygen atoms in total. The van der Waals surface area contributed by atoms with E-state index in [1.165, 1.54) is 11.1 Å². The van der Waals surface area contributed by atoms with Gasteiger partial charge in [0.1, 0.15) is 5.82 Å². The van der Waals surface area contributed by atoms with Gasteiger partial charge in [-0.1, -0.05) is 12.1 Å². The Hall–Kier alpha value is -1.39. The molecule has 0 atom stereocenters. The van der Waals surface area contributed by atoms with Crippen LogP contribution in [0.4, 0.5) is 0 Å². The summed E-state index contributed by atoms with van der Waals surface area (Å²) >= 11 is 0. The third kappa shape index (κ3) is 2.02. The van der Waals surface area contributed by atoms with Crippen molar-refractivity contribution < 1.29 is 0 Å². The van der Waals surface area contributed by atoms with Crippen LogP contribution < -0.4 is 5.32 Å². The molecule has 1 fully saturated rings. The molecular formula is C14H20N4. The second-order valence-electron chi connectivity index (χ2n) is 5.03. The number of fused-ring (bicyclic) bond motifs is 1. The number of aryl methyl sites for hydroxylation is 2. The molecule has 0 bridgehead atoms. The molecule has 1 aromatic heterocycles. The summed E-state index contributed by atoms with van der Waals surface area (Å²) < 4.78 is 2.16. The molecule has 0 saturated carbocycles. The summed E-state index contributed by atoms with van der Waals surface area (Å²) in [7, 11) is 2.08. The third-order valence-electron chi connectivity index (χ3n) is 3.82. The van der Waals surface area contributed by atoms with Crippen molar-refractivity contribution in [3.8, 4) is 0 Å². The van der Waals surface area contributed by atoms with E-state index >= 15 is 0 Å². The monoisotopic (exact) mass is 244 g/mol. The fourth-order valence-corrected chi connectivity index (χ4v) is 2.63. The Labute approximate surface area is 108 Å². The molecule has 0 aliphatic carbocycles. The first kappa shape index (κ1) is 11.7. The number of piperazine rings is 1. The van der Waals surface area contributed by atoms with Crippen LogP contribution in [-0.2, 0) is 13.6 Å². The van der Waals surface area contributed by atoms with Crippen LogP contribution in [0.2, 0.25) is 0 Å². The van der Waals surface area contributed by atoms with Gasteiger partial charge in [0.25, 0.3) is 0 Å². The molecule has 18 heavy (non-hydrogen) atoms.